The van der Waals surface area contributed by atoms with Crippen molar-refractivity contribution in [3.63, 3.8) is 0 Å². The topological polar surface area (TPSA) is 95.6 Å². The Kier molecular flexibility index (Phi) is 6.87. The number of benzene rings is 1. The molecule has 4 amide bonds. The van der Waals surface area contributed by atoms with Crippen molar-refractivity contribution in [2.45, 2.75) is 13.3 Å². The van der Waals surface area contributed by atoms with E-state index in [9.17, 15) is 19.2 Å². The van der Waals surface area contributed by atoms with Gasteiger partial charge in [0.25, 0.3) is 11.1 Å². The number of imide groups is 1. The van der Waals surface area contributed by atoms with Gasteiger partial charge in [0, 0.05) is 29.1 Å². The van der Waals surface area contributed by atoms with Gasteiger partial charge >= 0.3 is 0 Å². The summed E-state index contributed by atoms with van der Waals surface area (Å²) in [5.74, 6) is -0.574. The SMILES string of the molecule is CC1CC1C(=O)NCC(=O)NCCN1C(=O)SC(=Cc2ccc(Cl)cc2Cl)C1=O. The van der Waals surface area contributed by atoms with Gasteiger partial charge in [-0.2, -0.15) is 0 Å². The van der Waals surface area contributed by atoms with Crippen LogP contribution in [0.25, 0.3) is 6.08 Å². The lowest BCUT2D eigenvalue weighted by Gasteiger charge is -2.13. The van der Waals surface area contributed by atoms with Gasteiger partial charge in [0.1, 0.15) is 0 Å². The van der Waals surface area contributed by atoms with E-state index in [2.05, 4.69) is 10.6 Å². The minimum absolute atomic E-state index is 0.000908. The van der Waals surface area contributed by atoms with Crippen molar-refractivity contribution in [2.75, 3.05) is 19.6 Å². The highest BCUT2D eigenvalue weighted by Crippen LogP contribution is 2.37. The summed E-state index contributed by atoms with van der Waals surface area (Å²) in [6.45, 7) is 1.99. The number of halogens is 2. The number of nitrogens with one attached hydrogen (secondary N) is 2. The van der Waals surface area contributed by atoms with Crippen molar-refractivity contribution in [1.29, 1.82) is 0 Å². The molecule has 2 atom stereocenters. The Morgan fingerprint density at radius 1 is 1.28 bits per heavy atom. The maximum atomic E-state index is 12.5. The quantitative estimate of drug-likeness (QED) is 0.616. The maximum absolute atomic E-state index is 12.5. The van der Waals surface area contributed by atoms with Crippen LogP contribution >= 0.6 is 35.0 Å². The van der Waals surface area contributed by atoms with Gasteiger partial charge in [-0.15, -0.1) is 0 Å². The van der Waals surface area contributed by atoms with Crippen molar-refractivity contribution in [3.05, 3.63) is 38.7 Å². The highest BCUT2D eigenvalue weighted by atomic mass is 35.5. The Balaban J connectivity index is 1.48. The van der Waals surface area contributed by atoms with E-state index in [1.807, 2.05) is 6.92 Å². The largest absolute Gasteiger partial charge is 0.353 e. The Morgan fingerprint density at radius 3 is 2.66 bits per heavy atom. The van der Waals surface area contributed by atoms with Crippen molar-refractivity contribution in [2.24, 2.45) is 11.8 Å². The second-order valence-corrected chi connectivity index (χ2v) is 8.72. The molecule has 154 valence electrons. The number of thioether (sulfide) groups is 1. The average Bonchev–Trinajstić information content (AvgIpc) is 3.34. The molecule has 1 saturated heterocycles. The third-order valence-electron chi connectivity index (χ3n) is 4.65. The van der Waals surface area contributed by atoms with Crippen molar-refractivity contribution in [3.8, 4) is 0 Å². The highest BCUT2D eigenvalue weighted by molar-refractivity contribution is 8.18. The number of hydrogen-bond acceptors (Lipinski definition) is 5. The maximum Gasteiger partial charge on any atom is 0.293 e. The van der Waals surface area contributed by atoms with Crippen LogP contribution < -0.4 is 10.6 Å². The second kappa shape index (κ2) is 9.19. The Morgan fingerprint density at radius 2 is 2.00 bits per heavy atom. The van der Waals surface area contributed by atoms with Crippen LogP contribution in [0.1, 0.15) is 18.9 Å². The molecule has 29 heavy (non-hydrogen) atoms. The number of nitrogens with zero attached hydrogens (tertiary/aromatic N) is 1. The van der Waals surface area contributed by atoms with Gasteiger partial charge in [-0.25, -0.2) is 0 Å². The van der Waals surface area contributed by atoms with E-state index in [4.69, 9.17) is 23.2 Å². The summed E-state index contributed by atoms with van der Waals surface area (Å²) in [6, 6.07) is 4.86. The minimum atomic E-state index is -0.448. The molecule has 1 aromatic carbocycles. The van der Waals surface area contributed by atoms with Crippen LogP contribution in [0.4, 0.5) is 4.79 Å². The van der Waals surface area contributed by atoms with Gasteiger partial charge in [-0.3, -0.25) is 24.1 Å². The lowest BCUT2D eigenvalue weighted by molar-refractivity contribution is -0.127. The molecule has 7 nitrogen and oxygen atoms in total. The number of carbonyl (C=O) groups excluding carboxylic acids is 4. The number of hydrogen-bond donors (Lipinski definition) is 2. The van der Waals surface area contributed by atoms with Crippen LogP contribution in [-0.4, -0.2) is 47.5 Å². The molecule has 0 radical (unpaired) electrons. The van der Waals surface area contributed by atoms with Gasteiger partial charge < -0.3 is 10.6 Å². The molecule has 2 aliphatic rings. The standard InChI is InChI=1S/C19H19Cl2N3O4S/c1-10-6-13(10)17(26)23-9-16(25)22-4-5-24-18(27)15(29-19(24)28)7-11-2-3-12(20)8-14(11)21/h2-3,7-8,10,13H,4-6,9H2,1H3,(H,22,25)(H,23,26). The molecule has 0 spiro atoms. The first kappa shape index (κ1) is 21.7. The Bertz CT molecular complexity index is 905. The molecule has 2 fully saturated rings. The second-order valence-electron chi connectivity index (χ2n) is 6.89. The highest BCUT2D eigenvalue weighted by Gasteiger charge is 2.39. The molecule has 1 aromatic rings. The Hall–Kier alpha value is -2.03. The van der Waals surface area contributed by atoms with Gasteiger partial charge in [0.2, 0.25) is 11.8 Å². The number of carbonyl (C=O) groups is 4. The van der Waals surface area contributed by atoms with Crippen LogP contribution in [0.15, 0.2) is 23.1 Å². The Labute approximate surface area is 182 Å². The summed E-state index contributed by atoms with van der Waals surface area (Å²) < 4.78 is 0. The molecule has 10 heteroatoms. The zero-order valence-electron chi connectivity index (χ0n) is 15.5. The molecule has 0 aromatic heterocycles. The van der Waals surface area contributed by atoms with E-state index in [0.717, 1.165) is 23.1 Å². The predicted octanol–water partition coefficient (Wildman–Crippen LogP) is 2.92. The molecule has 1 saturated carbocycles. The van der Waals surface area contributed by atoms with E-state index in [0.29, 0.717) is 21.5 Å². The van der Waals surface area contributed by atoms with E-state index in [1.54, 1.807) is 18.2 Å². The summed E-state index contributed by atoms with van der Waals surface area (Å²) in [5.41, 5.74) is 0.579. The zero-order chi connectivity index (χ0) is 21.1. The van der Waals surface area contributed by atoms with Gasteiger partial charge in [0.15, 0.2) is 0 Å². The van der Waals surface area contributed by atoms with Gasteiger partial charge in [-0.1, -0.05) is 36.2 Å². The van der Waals surface area contributed by atoms with E-state index in [1.165, 1.54) is 6.08 Å². The predicted molar refractivity (Wildman–Crippen MR) is 112 cm³/mol. The number of rotatable bonds is 7. The van der Waals surface area contributed by atoms with Crippen LogP contribution in [0.2, 0.25) is 10.0 Å². The zero-order valence-corrected chi connectivity index (χ0v) is 17.9. The minimum Gasteiger partial charge on any atom is -0.353 e. The molecular formula is C19H19Cl2N3O4S. The van der Waals surface area contributed by atoms with Crippen molar-refractivity contribution >= 4 is 64.0 Å². The molecular weight excluding hydrogens is 437 g/mol. The molecule has 1 aliphatic carbocycles. The summed E-state index contributed by atoms with van der Waals surface area (Å²) in [6.07, 6.45) is 2.39. The van der Waals surface area contributed by atoms with Crippen molar-refractivity contribution in [1.82, 2.24) is 15.5 Å². The summed E-state index contributed by atoms with van der Waals surface area (Å²) in [4.78, 5) is 49.4. The van der Waals surface area contributed by atoms with Crippen LogP contribution in [-0.2, 0) is 14.4 Å². The molecule has 0 bridgehead atoms. The molecule has 1 aliphatic heterocycles. The average molecular weight is 456 g/mol. The smallest absolute Gasteiger partial charge is 0.293 e. The summed E-state index contributed by atoms with van der Waals surface area (Å²) >= 11 is 12.8. The number of amides is 4. The molecule has 1 heterocycles. The molecule has 3 rings (SSSR count). The first-order valence-electron chi connectivity index (χ1n) is 9.01. The van der Waals surface area contributed by atoms with Crippen molar-refractivity contribution < 1.29 is 19.2 Å². The first-order chi connectivity index (χ1) is 13.8. The fraction of sp³-hybridized carbons (Fsp3) is 0.368. The van der Waals surface area contributed by atoms with E-state index in [-0.39, 0.29) is 42.3 Å². The molecule has 2 N–H and O–H groups in total. The van der Waals surface area contributed by atoms with Gasteiger partial charge in [0.05, 0.1) is 11.4 Å². The van der Waals surface area contributed by atoms with Gasteiger partial charge in [-0.05, 0) is 47.9 Å². The fourth-order valence-electron chi connectivity index (χ4n) is 2.81. The normalized spacial score (nSPS) is 22.2. The van der Waals surface area contributed by atoms with E-state index >= 15 is 0 Å². The van der Waals surface area contributed by atoms with Crippen LogP contribution in [0.5, 0.6) is 0 Å². The third kappa shape index (κ3) is 5.52. The van der Waals surface area contributed by atoms with E-state index < -0.39 is 11.1 Å². The summed E-state index contributed by atoms with van der Waals surface area (Å²) in [5, 5.41) is 5.60. The van der Waals surface area contributed by atoms with Crippen LogP contribution in [0, 0.1) is 11.8 Å². The lowest BCUT2D eigenvalue weighted by atomic mass is 10.2. The summed E-state index contributed by atoms with van der Waals surface area (Å²) in [7, 11) is 0. The monoisotopic (exact) mass is 455 g/mol. The first-order valence-corrected chi connectivity index (χ1v) is 10.6. The fourth-order valence-corrected chi connectivity index (χ4v) is 4.13. The van der Waals surface area contributed by atoms with Crippen LogP contribution in [0.3, 0.4) is 0 Å². The third-order valence-corrected chi connectivity index (χ3v) is 6.12. The lowest BCUT2D eigenvalue weighted by Crippen LogP contribution is -2.41. The molecule has 2 unspecified atom stereocenters.